The lowest BCUT2D eigenvalue weighted by atomic mass is 10.1. The number of carboxylic acids is 1. The molecule has 0 atom stereocenters. The molecule has 0 saturated heterocycles. The van der Waals surface area contributed by atoms with E-state index in [1.54, 1.807) is 0 Å². The average molecular weight is 296 g/mol. The number of aliphatic carboxylic acids is 1. The topological polar surface area (TPSA) is 76.2 Å². The highest BCUT2D eigenvalue weighted by molar-refractivity contribution is 5.66. The fraction of sp³-hybridized carbons (Fsp3) is 0.812. The first-order chi connectivity index (χ1) is 10.2. The predicted molar refractivity (Wildman–Crippen MR) is 81.2 cm³/mol. The first-order valence-corrected chi connectivity index (χ1v) is 8.25. The van der Waals surface area contributed by atoms with Gasteiger partial charge in [-0.15, -0.1) is 10.2 Å². The van der Waals surface area contributed by atoms with Crippen LogP contribution in [0.4, 0.5) is 0 Å². The molecular weight excluding hydrogens is 268 g/mol. The largest absolute Gasteiger partial charge is 0.481 e. The summed E-state index contributed by atoms with van der Waals surface area (Å²) in [7, 11) is 0. The number of hydrogen-bond donors (Lipinski definition) is 1. The highest BCUT2D eigenvalue weighted by Gasteiger charge is 2.07. The highest BCUT2D eigenvalue weighted by atomic mass is 16.4. The zero-order valence-corrected chi connectivity index (χ0v) is 13.1. The van der Waals surface area contributed by atoms with Crippen LogP contribution in [0.15, 0.2) is 4.42 Å². The number of hydrogen-bond acceptors (Lipinski definition) is 4. The second-order valence-electron chi connectivity index (χ2n) is 5.56. The summed E-state index contributed by atoms with van der Waals surface area (Å²) in [6.07, 6.45) is 12.8. The minimum Gasteiger partial charge on any atom is -0.481 e. The molecular formula is C16H28N2O3. The maximum Gasteiger partial charge on any atom is 0.303 e. The minimum atomic E-state index is -0.839. The summed E-state index contributed by atoms with van der Waals surface area (Å²) >= 11 is 0. The smallest absolute Gasteiger partial charge is 0.303 e. The van der Waals surface area contributed by atoms with E-state index >= 15 is 0 Å². The maximum absolute atomic E-state index is 10.4. The molecule has 1 aromatic rings. The molecule has 0 aliphatic heterocycles. The van der Waals surface area contributed by atoms with Gasteiger partial charge >= 0.3 is 5.97 Å². The second-order valence-corrected chi connectivity index (χ2v) is 5.56. The van der Waals surface area contributed by atoms with Gasteiger partial charge in [-0.2, -0.15) is 0 Å². The molecule has 21 heavy (non-hydrogen) atoms. The monoisotopic (exact) mass is 296 g/mol. The number of nitrogens with zero attached hydrogens (tertiary/aromatic N) is 2. The van der Waals surface area contributed by atoms with Crippen molar-refractivity contribution >= 4 is 5.97 Å². The summed E-state index contributed by atoms with van der Waals surface area (Å²) < 4.78 is 5.42. The van der Waals surface area contributed by atoms with Crippen LogP contribution in [0.1, 0.15) is 82.9 Å². The van der Waals surface area contributed by atoms with Crippen LogP contribution < -0.4 is 0 Å². The third kappa shape index (κ3) is 9.21. The van der Waals surface area contributed by atoms with Crippen LogP contribution in [-0.4, -0.2) is 21.3 Å². The van der Waals surface area contributed by atoms with Crippen molar-refractivity contribution in [1.82, 2.24) is 10.2 Å². The number of carbonyl (C=O) groups is 1. The number of rotatable bonds is 13. The lowest BCUT2D eigenvalue weighted by Crippen LogP contribution is -1.97. The minimum absolute atomic E-state index is 0.0413. The van der Waals surface area contributed by atoms with Crippen molar-refractivity contribution in [2.45, 2.75) is 84.0 Å². The molecule has 1 N–H and O–H groups in total. The quantitative estimate of drug-likeness (QED) is 0.553. The van der Waals surface area contributed by atoms with Crippen molar-refractivity contribution in [2.75, 3.05) is 0 Å². The molecule has 0 aromatic carbocycles. The summed E-state index contributed by atoms with van der Waals surface area (Å²) in [5, 5.41) is 16.4. The molecule has 5 nitrogen and oxygen atoms in total. The van der Waals surface area contributed by atoms with Crippen LogP contribution in [0.25, 0.3) is 0 Å². The van der Waals surface area contributed by atoms with Crippen LogP contribution in [0.5, 0.6) is 0 Å². The number of aromatic nitrogens is 2. The Hall–Kier alpha value is -1.39. The molecule has 0 unspecified atom stereocenters. The van der Waals surface area contributed by atoms with Crippen molar-refractivity contribution in [3.8, 4) is 0 Å². The molecule has 1 rings (SSSR count). The van der Waals surface area contributed by atoms with Crippen molar-refractivity contribution in [1.29, 1.82) is 0 Å². The third-order valence-corrected chi connectivity index (χ3v) is 3.56. The summed E-state index contributed by atoms with van der Waals surface area (Å²) in [4.78, 5) is 10.4. The fourth-order valence-electron chi connectivity index (χ4n) is 2.29. The molecule has 5 heteroatoms. The molecule has 0 aliphatic rings. The van der Waals surface area contributed by atoms with Crippen molar-refractivity contribution in [3.63, 3.8) is 0 Å². The Morgan fingerprint density at radius 3 is 2.00 bits per heavy atom. The Labute approximate surface area is 127 Å². The van der Waals surface area contributed by atoms with Gasteiger partial charge < -0.3 is 9.52 Å². The Morgan fingerprint density at radius 2 is 1.43 bits per heavy atom. The van der Waals surface area contributed by atoms with Crippen LogP contribution in [0.2, 0.25) is 0 Å². The fourth-order valence-corrected chi connectivity index (χ4v) is 2.29. The van der Waals surface area contributed by atoms with E-state index in [4.69, 9.17) is 9.52 Å². The van der Waals surface area contributed by atoms with E-state index in [-0.39, 0.29) is 6.42 Å². The van der Waals surface area contributed by atoms with Crippen LogP contribution >= 0.6 is 0 Å². The molecule has 1 aromatic heterocycles. The highest BCUT2D eigenvalue weighted by Crippen LogP contribution is 2.12. The Bertz CT molecular complexity index is 391. The number of unbranched alkanes of at least 4 members (excludes halogenated alkanes) is 8. The van der Waals surface area contributed by atoms with Gasteiger partial charge in [-0.3, -0.25) is 4.79 Å². The number of aryl methyl sites for hydroxylation is 2. The van der Waals surface area contributed by atoms with Gasteiger partial charge in [-0.05, 0) is 6.42 Å². The predicted octanol–water partition coefficient (Wildman–Crippen LogP) is 4.16. The lowest BCUT2D eigenvalue weighted by molar-refractivity contribution is -0.137. The summed E-state index contributed by atoms with van der Waals surface area (Å²) in [5.41, 5.74) is 0. The number of carboxylic acid groups (broad SMARTS) is 1. The SMILES string of the molecule is CCCCCCCCCCCc1nnc(CCC(=O)O)o1. The van der Waals surface area contributed by atoms with E-state index in [9.17, 15) is 4.79 Å². The van der Waals surface area contributed by atoms with E-state index in [1.165, 1.54) is 51.4 Å². The van der Waals surface area contributed by atoms with Crippen molar-refractivity contribution < 1.29 is 14.3 Å². The molecule has 120 valence electrons. The van der Waals surface area contributed by atoms with E-state index < -0.39 is 5.97 Å². The van der Waals surface area contributed by atoms with E-state index in [2.05, 4.69) is 17.1 Å². The van der Waals surface area contributed by atoms with Gasteiger partial charge in [-0.25, -0.2) is 0 Å². The van der Waals surface area contributed by atoms with Crippen molar-refractivity contribution in [3.05, 3.63) is 11.8 Å². The van der Waals surface area contributed by atoms with E-state index in [1.807, 2.05) is 0 Å². The summed E-state index contributed by atoms with van der Waals surface area (Å²) in [6.45, 7) is 2.24. The average Bonchev–Trinajstić information content (AvgIpc) is 2.91. The third-order valence-electron chi connectivity index (χ3n) is 3.56. The molecule has 0 spiro atoms. The van der Waals surface area contributed by atoms with Gasteiger partial charge in [0.15, 0.2) is 0 Å². The van der Waals surface area contributed by atoms with E-state index in [0.717, 1.165) is 12.8 Å². The molecule has 0 amide bonds. The van der Waals surface area contributed by atoms with Gasteiger partial charge in [0.1, 0.15) is 0 Å². The van der Waals surface area contributed by atoms with Gasteiger partial charge in [0.25, 0.3) is 0 Å². The zero-order valence-electron chi connectivity index (χ0n) is 13.1. The maximum atomic E-state index is 10.4. The van der Waals surface area contributed by atoms with Crippen LogP contribution in [0.3, 0.4) is 0 Å². The zero-order chi connectivity index (χ0) is 15.3. The summed E-state index contributed by atoms with van der Waals surface area (Å²) in [6, 6.07) is 0. The first kappa shape index (κ1) is 17.7. The first-order valence-electron chi connectivity index (χ1n) is 8.25. The van der Waals surface area contributed by atoms with Gasteiger partial charge in [-0.1, -0.05) is 58.3 Å². The Morgan fingerprint density at radius 1 is 0.905 bits per heavy atom. The van der Waals surface area contributed by atoms with Crippen LogP contribution in [-0.2, 0) is 17.6 Å². The Kier molecular flexibility index (Phi) is 9.49. The summed E-state index contributed by atoms with van der Waals surface area (Å²) in [5.74, 6) is 0.232. The standard InChI is InChI=1S/C16H28N2O3/c1-2-3-4-5-6-7-8-9-10-11-14-17-18-15(21-14)12-13-16(19)20/h2-13H2,1H3,(H,19,20). The van der Waals surface area contributed by atoms with Gasteiger partial charge in [0.2, 0.25) is 11.8 Å². The van der Waals surface area contributed by atoms with Crippen LogP contribution in [0, 0.1) is 0 Å². The molecule has 0 fully saturated rings. The van der Waals surface area contributed by atoms with E-state index in [0.29, 0.717) is 18.2 Å². The van der Waals surface area contributed by atoms with Gasteiger partial charge in [0.05, 0.1) is 6.42 Å². The molecule has 0 aliphatic carbocycles. The molecule has 0 bridgehead atoms. The Balaban J connectivity index is 1.99. The molecule has 1 heterocycles. The van der Waals surface area contributed by atoms with Crippen molar-refractivity contribution in [2.24, 2.45) is 0 Å². The normalized spacial score (nSPS) is 10.9. The lowest BCUT2D eigenvalue weighted by Gasteiger charge is -2.00. The second kappa shape index (κ2) is 11.3. The molecule has 0 saturated carbocycles. The van der Waals surface area contributed by atoms with Gasteiger partial charge in [0, 0.05) is 12.8 Å². The molecule has 0 radical (unpaired) electrons.